The van der Waals surface area contributed by atoms with E-state index in [-0.39, 0.29) is 17.9 Å². The molecule has 2 rings (SSSR count). The van der Waals surface area contributed by atoms with Gasteiger partial charge in [-0.15, -0.1) is 12.8 Å². The van der Waals surface area contributed by atoms with Crippen LogP contribution in [-0.2, 0) is 11.2 Å². The maximum absolute atomic E-state index is 11.1. The molecule has 1 aromatic carbocycles. The third-order valence-electron chi connectivity index (χ3n) is 3.95. The molecule has 1 aromatic rings. The van der Waals surface area contributed by atoms with Gasteiger partial charge in [0.2, 0.25) is 0 Å². The lowest BCUT2D eigenvalue weighted by atomic mass is 10.0. The highest BCUT2D eigenvalue weighted by Crippen LogP contribution is 2.25. The summed E-state index contributed by atoms with van der Waals surface area (Å²) in [6, 6.07) is 7.83. The first-order chi connectivity index (χ1) is 13.5. The fraction of sp³-hybridized carbons (Fsp3) is 0.364. The Bertz CT molecular complexity index is 752. The van der Waals surface area contributed by atoms with Crippen molar-refractivity contribution in [2.45, 2.75) is 33.1 Å². The molecule has 150 valence electrons. The summed E-state index contributed by atoms with van der Waals surface area (Å²) in [5.41, 5.74) is 2.25. The normalized spacial score (nSPS) is 13.5. The summed E-state index contributed by atoms with van der Waals surface area (Å²) in [5, 5.41) is 35.6. The number of carboxylic acid groups (broad SMARTS) is 1. The second-order valence-electron chi connectivity index (χ2n) is 5.77. The van der Waals surface area contributed by atoms with Gasteiger partial charge in [-0.1, -0.05) is 12.1 Å². The molecule has 0 spiro atoms. The highest BCUT2D eigenvalue weighted by Gasteiger charge is 2.16. The van der Waals surface area contributed by atoms with Crippen LogP contribution in [0.15, 0.2) is 41.7 Å². The van der Waals surface area contributed by atoms with Crippen molar-refractivity contribution < 1.29 is 20.1 Å². The maximum atomic E-state index is 11.1. The number of benzene rings is 1. The first kappa shape index (κ1) is 24.8. The minimum atomic E-state index is -1.17. The van der Waals surface area contributed by atoms with Gasteiger partial charge in [-0.3, -0.25) is 0 Å². The number of hydrogen-bond acceptors (Lipinski definition) is 5. The van der Waals surface area contributed by atoms with E-state index >= 15 is 0 Å². The van der Waals surface area contributed by atoms with Crippen molar-refractivity contribution in [3.05, 3.63) is 52.8 Å². The molecule has 0 aliphatic carbocycles. The smallest absolute Gasteiger partial charge is 0.339 e. The van der Waals surface area contributed by atoms with Gasteiger partial charge in [-0.2, -0.15) is 5.26 Å². The molecule has 0 saturated carbocycles. The van der Waals surface area contributed by atoms with Gasteiger partial charge in [-0.25, -0.2) is 4.79 Å². The van der Waals surface area contributed by atoms with E-state index in [1.807, 2.05) is 12.1 Å². The number of nitriles is 1. The molecule has 0 bridgehead atoms. The first-order valence-electron chi connectivity index (χ1n) is 8.99. The Labute approximate surface area is 167 Å². The third-order valence-corrected chi connectivity index (χ3v) is 3.95. The van der Waals surface area contributed by atoms with Gasteiger partial charge in [0.1, 0.15) is 11.8 Å². The molecule has 1 saturated heterocycles. The van der Waals surface area contributed by atoms with Crippen LogP contribution < -0.4 is 4.90 Å². The van der Waals surface area contributed by atoms with Gasteiger partial charge < -0.3 is 20.2 Å². The quantitative estimate of drug-likeness (QED) is 0.311. The fourth-order valence-corrected chi connectivity index (χ4v) is 2.71. The van der Waals surface area contributed by atoms with Crippen molar-refractivity contribution >= 4 is 11.7 Å². The van der Waals surface area contributed by atoms with E-state index < -0.39 is 5.97 Å². The Morgan fingerprint density at radius 2 is 1.86 bits per heavy atom. The van der Waals surface area contributed by atoms with E-state index in [1.165, 1.54) is 12.2 Å². The minimum Gasteiger partial charge on any atom is -0.507 e. The zero-order valence-corrected chi connectivity index (χ0v) is 16.4. The summed E-state index contributed by atoms with van der Waals surface area (Å²) < 4.78 is 0. The molecule has 1 fully saturated rings. The summed E-state index contributed by atoms with van der Waals surface area (Å²) in [7, 11) is 0. The number of anilines is 1. The van der Waals surface area contributed by atoms with Crippen LogP contribution in [0.2, 0.25) is 0 Å². The minimum absolute atomic E-state index is 0.130. The van der Waals surface area contributed by atoms with Crippen LogP contribution in [0.3, 0.4) is 0 Å². The van der Waals surface area contributed by atoms with E-state index in [0.29, 0.717) is 12.0 Å². The van der Waals surface area contributed by atoms with Crippen molar-refractivity contribution in [3.63, 3.8) is 0 Å². The average Bonchev–Trinajstić information content (AvgIpc) is 3.24. The summed E-state index contributed by atoms with van der Waals surface area (Å²) in [6.45, 7) is 5.43. The SMILES string of the molecule is C#C.C/C=C(O)\C(=C/Cc1ccc(N2CCCC2)c(C#N)c1)C(=O)O.CCO. The van der Waals surface area contributed by atoms with Crippen LogP contribution in [-0.4, -0.2) is 41.0 Å². The van der Waals surface area contributed by atoms with E-state index in [4.69, 9.17) is 10.2 Å². The number of terminal acetylenes is 1. The predicted octanol–water partition coefficient (Wildman–Crippen LogP) is 3.42. The van der Waals surface area contributed by atoms with E-state index in [1.54, 1.807) is 19.9 Å². The van der Waals surface area contributed by atoms with Gasteiger partial charge in [0.15, 0.2) is 0 Å². The third kappa shape index (κ3) is 7.57. The van der Waals surface area contributed by atoms with Crippen molar-refractivity contribution in [2.24, 2.45) is 0 Å². The van der Waals surface area contributed by atoms with Crippen LogP contribution in [0.5, 0.6) is 0 Å². The van der Waals surface area contributed by atoms with Crippen LogP contribution >= 0.6 is 0 Å². The lowest BCUT2D eigenvalue weighted by Gasteiger charge is -2.19. The Balaban J connectivity index is 0.00000133. The van der Waals surface area contributed by atoms with Crippen LogP contribution in [0.4, 0.5) is 5.69 Å². The number of rotatable bonds is 5. The first-order valence-corrected chi connectivity index (χ1v) is 8.99. The lowest BCUT2D eigenvalue weighted by Crippen LogP contribution is -2.18. The summed E-state index contributed by atoms with van der Waals surface area (Å²) in [6.07, 6.45) is 13.4. The molecule has 0 amide bonds. The van der Waals surface area contributed by atoms with Crippen molar-refractivity contribution in [3.8, 4) is 18.9 Å². The van der Waals surface area contributed by atoms with E-state index in [9.17, 15) is 15.2 Å². The van der Waals surface area contributed by atoms with Gasteiger partial charge in [-0.05, 0) is 56.9 Å². The Morgan fingerprint density at radius 3 is 2.32 bits per heavy atom. The Morgan fingerprint density at radius 1 is 1.29 bits per heavy atom. The molecule has 0 aromatic heterocycles. The molecule has 28 heavy (non-hydrogen) atoms. The number of nitrogens with zero attached hydrogens (tertiary/aromatic N) is 2. The molecule has 3 N–H and O–H groups in total. The van der Waals surface area contributed by atoms with Gasteiger partial charge >= 0.3 is 5.97 Å². The van der Waals surface area contributed by atoms with Gasteiger partial charge in [0, 0.05) is 19.7 Å². The predicted molar refractivity (Wildman–Crippen MR) is 111 cm³/mol. The number of aliphatic hydroxyl groups is 2. The molecule has 6 heteroatoms. The lowest BCUT2D eigenvalue weighted by molar-refractivity contribution is -0.132. The summed E-state index contributed by atoms with van der Waals surface area (Å²) >= 11 is 0. The van der Waals surface area contributed by atoms with Crippen molar-refractivity contribution in [1.82, 2.24) is 0 Å². The average molecular weight is 384 g/mol. The maximum Gasteiger partial charge on any atom is 0.339 e. The highest BCUT2D eigenvalue weighted by atomic mass is 16.4. The van der Waals surface area contributed by atoms with Crippen molar-refractivity contribution in [2.75, 3.05) is 24.6 Å². The number of carboxylic acids is 1. The van der Waals surface area contributed by atoms with E-state index in [0.717, 1.165) is 37.2 Å². The molecule has 6 nitrogen and oxygen atoms in total. The Hall–Kier alpha value is -3.22. The van der Waals surface area contributed by atoms with Gasteiger partial charge in [0.05, 0.1) is 16.8 Å². The summed E-state index contributed by atoms with van der Waals surface area (Å²) in [5.74, 6) is -1.43. The number of allylic oxidation sites excluding steroid dienone is 2. The van der Waals surface area contributed by atoms with Gasteiger partial charge in [0.25, 0.3) is 0 Å². The molecule has 0 radical (unpaired) electrons. The van der Waals surface area contributed by atoms with Crippen LogP contribution in [0.1, 0.15) is 37.8 Å². The highest BCUT2D eigenvalue weighted by molar-refractivity contribution is 5.90. The standard InChI is InChI=1S/C18H20N2O3.C2H6O.C2H2/c1-2-17(21)15(18(22)23)7-5-13-6-8-16(14(11-13)12-19)20-9-3-4-10-20;1-2-3;1-2/h2,6-8,11,21H,3-5,9-10H2,1H3,(H,22,23);3H,2H2,1H3;1-2H/b15-7+,17-2+;;. The second-order valence-corrected chi connectivity index (χ2v) is 5.77. The fourth-order valence-electron chi connectivity index (χ4n) is 2.71. The molecule has 1 heterocycles. The molecular formula is C22H28N2O4. The topological polar surface area (TPSA) is 105 Å². The molecule has 0 atom stereocenters. The van der Waals surface area contributed by atoms with Crippen molar-refractivity contribution in [1.29, 1.82) is 5.26 Å². The number of carbonyl (C=O) groups is 1. The number of hydrogen-bond donors (Lipinski definition) is 3. The number of aliphatic carboxylic acids is 1. The monoisotopic (exact) mass is 384 g/mol. The number of aliphatic hydroxyl groups excluding tert-OH is 2. The second kappa shape index (κ2) is 13.9. The zero-order valence-electron chi connectivity index (χ0n) is 16.4. The van der Waals surface area contributed by atoms with Crippen LogP contribution in [0.25, 0.3) is 0 Å². The zero-order chi connectivity index (χ0) is 21.5. The van der Waals surface area contributed by atoms with Crippen LogP contribution in [0, 0.1) is 24.2 Å². The molecule has 1 aliphatic rings. The largest absolute Gasteiger partial charge is 0.507 e. The molecule has 1 aliphatic heterocycles. The molecule has 0 unspecified atom stereocenters. The summed E-state index contributed by atoms with van der Waals surface area (Å²) in [4.78, 5) is 13.3. The Kier molecular flexibility index (Phi) is 12.3. The van der Waals surface area contributed by atoms with E-state index in [2.05, 4.69) is 23.8 Å². The molecular weight excluding hydrogens is 356 g/mol.